The summed E-state index contributed by atoms with van der Waals surface area (Å²) in [7, 11) is 0. The fourth-order valence-electron chi connectivity index (χ4n) is 2.15. The Labute approximate surface area is 114 Å². The molecule has 0 radical (unpaired) electrons. The van der Waals surface area contributed by atoms with Crippen LogP contribution in [-0.4, -0.2) is 0 Å². The summed E-state index contributed by atoms with van der Waals surface area (Å²) in [5, 5.41) is 12.7. The van der Waals surface area contributed by atoms with E-state index in [2.05, 4.69) is 0 Å². The average Bonchev–Trinajstić information content (AvgIpc) is 2.43. The smallest absolute Gasteiger partial charge is 0.233 e. The summed E-state index contributed by atoms with van der Waals surface area (Å²) in [6, 6.07) is 13.3. The maximum atomic E-state index is 13.7. The van der Waals surface area contributed by atoms with Gasteiger partial charge in [0.2, 0.25) is 5.52 Å². The third-order valence-electron chi connectivity index (χ3n) is 2.99. The molecule has 0 bridgehead atoms. The monoisotopic (exact) mass is 273 g/mol. The third-order valence-corrected chi connectivity index (χ3v) is 3.32. The van der Waals surface area contributed by atoms with Crippen LogP contribution >= 0.6 is 11.6 Å². The zero-order valence-electron chi connectivity index (χ0n) is 9.81. The van der Waals surface area contributed by atoms with Crippen LogP contribution in [-0.2, 0) is 0 Å². The summed E-state index contributed by atoms with van der Waals surface area (Å²) in [5.41, 5.74) is 1.69. The van der Waals surface area contributed by atoms with Crippen LogP contribution in [0.2, 0.25) is 5.02 Å². The van der Waals surface area contributed by atoms with Gasteiger partial charge in [-0.3, -0.25) is 0 Å². The second-order valence-electron chi connectivity index (χ2n) is 4.21. The first kappa shape index (κ1) is 11.9. The van der Waals surface area contributed by atoms with Crippen molar-refractivity contribution in [3.05, 3.63) is 70.8 Å². The first-order chi connectivity index (χ1) is 9.16. The van der Waals surface area contributed by atoms with Gasteiger partial charge in [-0.05, 0) is 17.7 Å². The average molecular weight is 274 g/mol. The highest BCUT2D eigenvalue weighted by Gasteiger charge is 2.16. The van der Waals surface area contributed by atoms with Gasteiger partial charge in [0.05, 0.1) is 16.0 Å². The molecule has 0 unspecified atom stereocenters. The largest absolute Gasteiger partial charge is 0.618 e. The number of hydrogen-bond acceptors (Lipinski definition) is 1. The van der Waals surface area contributed by atoms with Gasteiger partial charge in [0.25, 0.3) is 0 Å². The molecule has 0 saturated heterocycles. The Balaban J connectivity index is 2.45. The fraction of sp³-hybridized carbons (Fsp3) is 0. The molecule has 2 nitrogen and oxygen atoms in total. The lowest BCUT2D eigenvalue weighted by Crippen LogP contribution is -2.26. The molecular formula is C15H9ClFNO. The van der Waals surface area contributed by atoms with E-state index in [4.69, 9.17) is 11.6 Å². The van der Waals surface area contributed by atoms with Crippen molar-refractivity contribution in [3.63, 3.8) is 0 Å². The standard InChI is InChI=1S/C15H9ClFNO/c16-14-6-7-18(19)15-12(8-11(17)9-13(14)15)10-4-2-1-3-5-10/h1-9H. The van der Waals surface area contributed by atoms with Crippen LogP contribution in [0.1, 0.15) is 0 Å². The summed E-state index contributed by atoms with van der Waals surface area (Å²) in [6.07, 6.45) is 1.33. The van der Waals surface area contributed by atoms with E-state index in [0.29, 0.717) is 26.2 Å². The number of nitrogens with zero attached hydrogens (tertiary/aromatic N) is 1. The quantitative estimate of drug-likeness (QED) is 0.487. The lowest BCUT2D eigenvalue weighted by molar-refractivity contribution is -0.576. The first-order valence-electron chi connectivity index (χ1n) is 5.73. The van der Waals surface area contributed by atoms with E-state index in [1.807, 2.05) is 30.3 Å². The number of aromatic nitrogens is 1. The van der Waals surface area contributed by atoms with Crippen molar-refractivity contribution >= 4 is 22.5 Å². The van der Waals surface area contributed by atoms with Gasteiger partial charge >= 0.3 is 0 Å². The number of hydrogen-bond donors (Lipinski definition) is 0. The van der Waals surface area contributed by atoms with Crippen molar-refractivity contribution in [2.45, 2.75) is 0 Å². The van der Waals surface area contributed by atoms with Gasteiger partial charge in [0.1, 0.15) is 5.82 Å². The highest BCUT2D eigenvalue weighted by atomic mass is 35.5. The van der Waals surface area contributed by atoms with E-state index in [9.17, 15) is 9.60 Å². The molecule has 0 saturated carbocycles. The molecular weight excluding hydrogens is 265 g/mol. The van der Waals surface area contributed by atoms with Crippen LogP contribution in [0.5, 0.6) is 0 Å². The Morgan fingerprint density at radius 2 is 1.79 bits per heavy atom. The minimum Gasteiger partial charge on any atom is -0.618 e. The van der Waals surface area contributed by atoms with Crippen molar-refractivity contribution in [2.24, 2.45) is 0 Å². The number of benzene rings is 2. The maximum absolute atomic E-state index is 13.7. The summed E-state index contributed by atoms with van der Waals surface area (Å²) < 4.78 is 14.4. The SMILES string of the molecule is [O-][n+]1ccc(Cl)c2cc(F)cc(-c3ccccc3)c21. The molecule has 19 heavy (non-hydrogen) atoms. The van der Waals surface area contributed by atoms with Crippen molar-refractivity contribution in [1.82, 2.24) is 0 Å². The highest BCUT2D eigenvalue weighted by Crippen LogP contribution is 2.30. The molecule has 4 heteroatoms. The van der Waals surface area contributed by atoms with Gasteiger partial charge < -0.3 is 5.21 Å². The second-order valence-corrected chi connectivity index (χ2v) is 4.61. The lowest BCUT2D eigenvalue weighted by atomic mass is 10.0. The topological polar surface area (TPSA) is 26.9 Å². The van der Waals surface area contributed by atoms with Crippen molar-refractivity contribution in [1.29, 1.82) is 0 Å². The van der Waals surface area contributed by atoms with Crippen LogP contribution in [0.25, 0.3) is 22.0 Å². The third kappa shape index (κ3) is 2.02. The van der Waals surface area contributed by atoms with Gasteiger partial charge in [-0.2, -0.15) is 4.73 Å². The zero-order chi connectivity index (χ0) is 13.4. The van der Waals surface area contributed by atoms with Crippen molar-refractivity contribution in [2.75, 3.05) is 0 Å². The van der Waals surface area contributed by atoms with Gasteiger partial charge in [0, 0.05) is 6.07 Å². The molecule has 3 aromatic rings. The normalized spacial score (nSPS) is 10.8. The predicted octanol–water partition coefficient (Wildman–Crippen LogP) is 3.93. The van der Waals surface area contributed by atoms with E-state index < -0.39 is 5.82 Å². The number of pyridine rings is 1. The molecule has 0 N–H and O–H groups in total. The molecule has 0 aliphatic heterocycles. The van der Waals surface area contributed by atoms with Crippen LogP contribution in [0, 0.1) is 11.0 Å². The lowest BCUT2D eigenvalue weighted by Gasteiger charge is -2.08. The van der Waals surface area contributed by atoms with Gasteiger partial charge in [-0.25, -0.2) is 4.39 Å². The van der Waals surface area contributed by atoms with E-state index >= 15 is 0 Å². The van der Waals surface area contributed by atoms with E-state index in [-0.39, 0.29) is 0 Å². The Hall–Kier alpha value is -2.13. The van der Waals surface area contributed by atoms with Gasteiger partial charge in [-0.1, -0.05) is 41.9 Å². The molecule has 0 aliphatic carbocycles. The van der Waals surface area contributed by atoms with Crippen LogP contribution in [0.4, 0.5) is 4.39 Å². The van der Waals surface area contributed by atoms with Gasteiger partial charge in [0.15, 0.2) is 6.20 Å². The number of halogens is 2. The fourth-order valence-corrected chi connectivity index (χ4v) is 2.35. The molecule has 3 rings (SSSR count). The van der Waals surface area contributed by atoms with Crippen molar-refractivity contribution < 1.29 is 9.12 Å². The minimum absolute atomic E-state index is 0.360. The van der Waals surface area contributed by atoms with Crippen LogP contribution in [0.15, 0.2) is 54.7 Å². The molecule has 0 spiro atoms. The molecule has 1 heterocycles. The zero-order valence-corrected chi connectivity index (χ0v) is 10.6. The maximum Gasteiger partial charge on any atom is 0.233 e. The Morgan fingerprint density at radius 3 is 2.53 bits per heavy atom. The summed E-state index contributed by atoms with van der Waals surface area (Å²) in [4.78, 5) is 0. The molecule has 94 valence electrons. The minimum atomic E-state index is -0.417. The number of rotatable bonds is 1. The summed E-state index contributed by atoms with van der Waals surface area (Å²) in [6.45, 7) is 0. The van der Waals surface area contributed by atoms with Crippen LogP contribution < -0.4 is 4.73 Å². The summed E-state index contributed by atoms with van der Waals surface area (Å²) >= 11 is 6.04. The Morgan fingerprint density at radius 1 is 1.05 bits per heavy atom. The van der Waals surface area contributed by atoms with E-state index in [1.54, 1.807) is 0 Å². The molecule has 1 aromatic heterocycles. The van der Waals surface area contributed by atoms with Crippen molar-refractivity contribution in [3.8, 4) is 11.1 Å². The van der Waals surface area contributed by atoms with Crippen LogP contribution in [0.3, 0.4) is 0 Å². The molecule has 0 amide bonds. The Bertz CT molecular complexity index is 759. The van der Waals surface area contributed by atoms with E-state index in [1.165, 1.54) is 24.4 Å². The first-order valence-corrected chi connectivity index (χ1v) is 6.11. The molecule has 0 aliphatic rings. The summed E-state index contributed by atoms with van der Waals surface area (Å²) in [5.74, 6) is -0.417. The molecule has 0 fully saturated rings. The van der Waals surface area contributed by atoms with Gasteiger partial charge in [-0.15, -0.1) is 0 Å². The predicted molar refractivity (Wildman–Crippen MR) is 73.3 cm³/mol. The second kappa shape index (κ2) is 4.52. The molecule has 0 atom stereocenters. The molecule has 2 aromatic carbocycles. The highest BCUT2D eigenvalue weighted by molar-refractivity contribution is 6.35. The van der Waals surface area contributed by atoms with E-state index in [0.717, 1.165) is 5.56 Å². The number of fused-ring (bicyclic) bond motifs is 1. The Kier molecular flexibility index (Phi) is 2.84.